The molecule has 0 bridgehead atoms. The number of hydrogen-bond donors (Lipinski definition) is 1. The molecule has 182 valence electrons. The van der Waals surface area contributed by atoms with Crippen molar-refractivity contribution < 1.29 is 0 Å². The molecule has 1 aliphatic heterocycles. The zero-order valence-electron chi connectivity index (χ0n) is 21.4. The Morgan fingerprint density at radius 2 is 1.43 bits per heavy atom. The third kappa shape index (κ3) is 4.92. The number of H-pyrrole nitrogens is 1. The number of benzene rings is 3. The fourth-order valence-electron chi connectivity index (χ4n) is 5.77. The largest absolute Gasteiger partial charge is 0.354 e. The van der Waals surface area contributed by atoms with Crippen LogP contribution in [-0.2, 0) is 12.1 Å². The van der Waals surface area contributed by atoms with Crippen LogP contribution in [0.5, 0.6) is 0 Å². The molecule has 4 heteroatoms. The molecule has 0 atom stereocenters. The smallest absolute Gasteiger partial charge is 0.0510 e. The molecule has 0 radical (unpaired) electrons. The lowest BCUT2D eigenvalue weighted by molar-refractivity contribution is 0.0504. The first kappa shape index (κ1) is 23.8. The van der Waals surface area contributed by atoms with E-state index in [-0.39, 0.29) is 5.54 Å². The normalized spacial score (nSPS) is 16.4. The first-order valence-electron chi connectivity index (χ1n) is 12.9. The molecule has 1 aliphatic rings. The van der Waals surface area contributed by atoms with E-state index < -0.39 is 0 Å². The highest BCUT2D eigenvalue weighted by Gasteiger charge is 2.37. The number of aromatic amines is 1. The minimum absolute atomic E-state index is 0.151. The highest BCUT2D eigenvalue weighted by molar-refractivity contribution is 5.90. The van der Waals surface area contributed by atoms with Crippen molar-refractivity contribution in [2.75, 3.05) is 47.3 Å². The van der Waals surface area contributed by atoms with Crippen LogP contribution in [0.15, 0.2) is 84.9 Å². The van der Waals surface area contributed by atoms with Gasteiger partial charge < -0.3 is 14.8 Å². The number of fused-ring (bicyclic) bond motifs is 1. The summed E-state index contributed by atoms with van der Waals surface area (Å²) in [6.07, 6.45) is 2.35. The van der Waals surface area contributed by atoms with Crippen molar-refractivity contribution in [2.24, 2.45) is 0 Å². The molecule has 0 saturated carbocycles. The lowest BCUT2D eigenvalue weighted by Crippen LogP contribution is -2.51. The third-order valence-corrected chi connectivity index (χ3v) is 7.95. The van der Waals surface area contributed by atoms with Crippen LogP contribution in [0.3, 0.4) is 0 Å². The number of para-hydroxylation sites is 1. The van der Waals surface area contributed by atoms with Gasteiger partial charge in [0.25, 0.3) is 0 Å². The van der Waals surface area contributed by atoms with E-state index >= 15 is 0 Å². The summed E-state index contributed by atoms with van der Waals surface area (Å²) in [6.45, 7) is 5.39. The number of nitrogens with one attached hydrogen (secondary N) is 1. The molecule has 35 heavy (non-hydrogen) atoms. The minimum atomic E-state index is 0.151. The Kier molecular flexibility index (Phi) is 7.05. The molecule has 0 spiro atoms. The van der Waals surface area contributed by atoms with Crippen molar-refractivity contribution in [3.05, 3.63) is 96.1 Å². The van der Waals surface area contributed by atoms with E-state index in [1.165, 1.54) is 46.1 Å². The molecule has 1 fully saturated rings. The summed E-state index contributed by atoms with van der Waals surface area (Å²) in [5, 5.41) is 1.33. The number of nitrogens with zero attached hydrogens (tertiary/aromatic N) is 3. The average Bonchev–Trinajstić information content (AvgIpc) is 3.27. The molecule has 4 aromatic rings. The van der Waals surface area contributed by atoms with Gasteiger partial charge in [-0.1, -0.05) is 78.9 Å². The van der Waals surface area contributed by atoms with Crippen LogP contribution in [-0.4, -0.2) is 67.0 Å². The second kappa shape index (κ2) is 10.4. The molecule has 0 unspecified atom stereocenters. The molecular formula is C31H38N4. The first-order valence-corrected chi connectivity index (χ1v) is 12.9. The summed E-state index contributed by atoms with van der Waals surface area (Å²) < 4.78 is 0. The van der Waals surface area contributed by atoms with Gasteiger partial charge in [-0.25, -0.2) is 0 Å². The van der Waals surface area contributed by atoms with Crippen molar-refractivity contribution in [1.82, 2.24) is 19.7 Å². The second-order valence-corrected chi connectivity index (χ2v) is 10.3. The fraction of sp³-hybridized carbons (Fsp3) is 0.355. The highest BCUT2D eigenvalue weighted by atomic mass is 15.2. The molecule has 1 aromatic heterocycles. The monoisotopic (exact) mass is 466 g/mol. The van der Waals surface area contributed by atoms with Crippen molar-refractivity contribution in [3.63, 3.8) is 0 Å². The molecule has 1 N–H and O–H groups in total. The van der Waals surface area contributed by atoms with Crippen LogP contribution in [0.2, 0.25) is 0 Å². The van der Waals surface area contributed by atoms with E-state index in [1.807, 2.05) is 0 Å². The maximum Gasteiger partial charge on any atom is 0.0510 e. The van der Waals surface area contributed by atoms with E-state index in [4.69, 9.17) is 0 Å². The Labute approximate surface area is 210 Å². The number of piperidine rings is 1. The van der Waals surface area contributed by atoms with Gasteiger partial charge in [0.1, 0.15) is 0 Å². The predicted octanol–water partition coefficient (Wildman–Crippen LogP) is 5.82. The maximum absolute atomic E-state index is 3.68. The van der Waals surface area contributed by atoms with Gasteiger partial charge in [-0.2, -0.15) is 0 Å². The topological polar surface area (TPSA) is 25.5 Å². The Morgan fingerprint density at radius 1 is 0.800 bits per heavy atom. The molecular weight excluding hydrogens is 428 g/mol. The summed E-state index contributed by atoms with van der Waals surface area (Å²) in [4.78, 5) is 11.2. The van der Waals surface area contributed by atoms with Gasteiger partial charge in [-0.3, -0.25) is 4.90 Å². The van der Waals surface area contributed by atoms with Crippen molar-refractivity contribution in [3.8, 4) is 11.3 Å². The summed E-state index contributed by atoms with van der Waals surface area (Å²) in [5.41, 5.74) is 6.71. The summed E-state index contributed by atoms with van der Waals surface area (Å²) in [7, 11) is 6.73. The second-order valence-electron chi connectivity index (χ2n) is 10.3. The number of hydrogen-bond acceptors (Lipinski definition) is 3. The maximum atomic E-state index is 3.68. The van der Waals surface area contributed by atoms with E-state index in [9.17, 15) is 0 Å². The number of likely N-dealkylation sites (tertiary alicyclic amines) is 1. The molecule has 5 rings (SSSR count). The summed E-state index contributed by atoms with van der Waals surface area (Å²) >= 11 is 0. The van der Waals surface area contributed by atoms with Crippen LogP contribution in [0.25, 0.3) is 22.2 Å². The van der Waals surface area contributed by atoms with Gasteiger partial charge in [-0.05, 0) is 56.7 Å². The first-order chi connectivity index (χ1) is 17.1. The van der Waals surface area contributed by atoms with Crippen molar-refractivity contribution in [1.29, 1.82) is 0 Å². The number of aromatic nitrogens is 1. The Hall–Kier alpha value is -2.92. The minimum Gasteiger partial charge on any atom is -0.354 e. The van der Waals surface area contributed by atoms with Gasteiger partial charge in [0.15, 0.2) is 0 Å². The van der Waals surface area contributed by atoms with Gasteiger partial charge in [-0.15, -0.1) is 0 Å². The lowest BCUT2D eigenvalue weighted by Gasteiger charge is -2.47. The van der Waals surface area contributed by atoms with Crippen LogP contribution in [0, 0.1) is 0 Å². The summed E-state index contributed by atoms with van der Waals surface area (Å²) in [6, 6.07) is 30.5. The Balaban J connectivity index is 1.24. The zero-order valence-corrected chi connectivity index (χ0v) is 21.4. The molecule has 2 heterocycles. The van der Waals surface area contributed by atoms with E-state index in [0.29, 0.717) is 0 Å². The van der Waals surface area contributed by atoms with Crippen LogP contribution < -0.4 is 0 Å². The lowest BCUT2D eigenvalue weighted by atomic mass is 9.80. The molecule has 1 saturated heterocycles. The Morgan fingerprint density at radius 3 is 2.11 bits per heavy atom. The van der Waals surface area contributed by atoms with Gasteiger partial charge in [0.05, 0.1) is 5.69 Å². The molecule has 4 nitrogen and oxygen atoms in total. The van der Waals surface area contributed by atoms with E-state index in [1.54, 1.807) is 0 Å². The number of rotatable bonds is 8. The van der Waals surface area contributed by atoms with Gasteiger partial charge in [0.2, 0.25) is 0 Å². The average molecular weight is 467 g/mol. The van der Waals surface area contributed by atoms with Gasteiger partial charge >= 0.3 is 0 Å². The summed E-state index contributed by atoms with van der Waals surface area (Å²) in [5.74, 6) is 0. The predicted molar refractivity (Wildman–Crippen MR) is 148 cm³/mol. The quantitative estimate of drug-likeness (QED) is 0.354. The highest BCUT2D eigenvalue weighted by Crippen LogP contribution is 2.37. The molecule has 3 aromatic carbocycles. The zero-order chi connectivity index (χ0) is 24.3. The van der Waals surface area contributed by atoms with Gasteiger partial charge in [0, 0.05) is 49.2 Å². The van der Waals surface area contributed by atoms with Crippen LogP contribution in [0.1, 0.15) is 24.0 Å². The fourth-order valence-corrected chi connectivity index (χ4v) is 5.77. The van der Waals surface area contributed by atoms with E-state index in [0.717, 1.165) is 32.7 Å². The van der Waals surface area contributed by atoms with Crippen LogP contribution in [0.4, 0.5) is 0 Å². The molecule has 0 amide bonds. The van der Waals surface area contributed by atoms with Crippen molar-refractivity contribution >= 4 is 10.9 Å². The van der Waals surface area contributed by atoms with Crippen molar-refractivity contribution in [2.45, 2.75) is 24.9 Å². The van der Waals surface area contributed by atoms with Crippen LogP contribution >= 0.6 is 0 Å². The Bertz CT molecular complexity index is 1220. The standard InChI is InChI=1S/C31H38N4/c1-33(2)31(26-14-8-5-9-15-26)18-20-35(21-19-31)23-22-34(3)24-28-27-16-10-11-17-29(27)32-30(28)25-12-6-4-7-13-25/h4-17,32H,18-24H2,1-3H3. The third-order valence-electron chi connectivity index (χ3n) is 7.95. The molecule has 0 aliphatic carbocycles. The van der Waals surface area contributed by atoms with E-state index in [2.05, 4.69) is 126 Å². The number of likely N-dealkylation sites (N-methyl/N-ethyl adjacent to an activating group) is 1. The SMILES string of the molecule is CN(CCN1CCC(c2ccccc2)(N(C)C)CC1)Cc1c(-c2ccccc2)[nH]c2ccccc12.